The van der Waals surface area contributed by atoms with Crippen LogP contribution in [0.15, 0.2) is 0 Å². The lowest BCUT2D eigenvalue weighted by Crippen LogP contribution is -2.42. The van der Waals surface area contributed by atoms with Gasteiger partial charge in [-0.3, -0.25) is 0 Å². The van der Waals surface area contributed by atoms with Crippen molar-refractivity contribution in [1.82, 2.24) is 0 Å². The summed E-state index contributed by atoms with van der Waals surface area (Å²) in [5, 5.41) is 0. The maximum Gasteiger partial charge on any atom is 0.155 e. The van der Waals surface area contributed by atoms with Gasteiger partial charge in [-0.1, -0.05) is 58.8 Å². The van der Waals surface area contributed by atoms with E-state index in [0.717, 1.165) is 62.7 Å². The first-order chi connectivity index (χ1) is 11.9. The summed E-state index contributed by atoms with van der Waals surface area (Å²) in [6.07, 6.45) is 16.7. The number of rotatable bonds is 9. The van der Waals surface area contributed by atoms with Crippen molar-refractivity contribution in [1.29, 1.82) is 0 Å². The zero-order valence-corrected chi connectivity index (χ0v) is 17.9. The molecule has 0 saturated heterocycles. The van der Waals surface area contributed by atoms with Gasteiger partial charge in [0.15, 0.2) is 9.84 Å². The highest BCUT2D eigenvalue weighted by Gasteiger charge is 2.43. The fourth-order valence-electron chi connectivity index (χ4n) is 5.36. The highest BCUT2D eigenvalue weighted by atomic mass is 32.2. The quantitative estimate of drug-likeness (QED) is 0.432. The van der Waals surface area contributed by atoms with Gasteiger partial charge in [-0.25, -0.2) is 8.42 Å². The van der Waals surface area contributed by atoms with Crippen molar-refractivity contribution in [3.63, 3.8) is 0 Å². The lowest BCUT2D eigenvalue weighted by atomic mass is 9.69. The Labute approximate surface area is 157 Å². The van der Waals surface area contributed by atoms with Gasteiger partial charge in [-0.2, -0.15) is 0 Å². The molecule has 25 heavy (non-hydrogen) atoms. The van der Waals surface area contributed by atoms with E-state index in [1.807, 2.05) is 6.92 Å². The summed E-state index contributed by atoms with van der Waals surface area (Å²) in [7, 11) is -2.93. The molecular formula is C22H42O2S. The SMILES string of the molecule is CCCCCCS(=O)(=O)C1(C)CCC(C2CCC(CCC)CC2)CC1. The molecule has 2 nitrogen and oxygen atoms in total. The topological polar surface area (TPSA) is 34.1 Å². The maximum absolute atomic E-state index is 12.9. The molecule has 0 atom stereocenters. The third-order valence-electron chi connectivity index (χ3n) is 7.36. The Morgan fingerprint density at radius 1 is 0.800 bits per heavy atom. The molecule has 0 radical (unpaired) electrons. The van der Waals surface area contributed by atoms with E-state index in [-0.39, 0.29) is 0 Å². The second-order valence-corrected chi connectivity index (χ2v) is 11.9. The fourth-order valence-corrected chi connectivity index (χ4v) is 7.29. The lowest BCUT2D eigenvalue weighted by Gasteiger charge is -2.41. The molecule has 0 heterocycles. The molecule has 2 fully saturated rings. The smallest absolute Gasteiger partial charge is 0.155 e. The molecule has 0 N–H and O–H groups in total. The molecule has 0 aromatic heterocycles. The summed E-state index contributed by atoms with van der Waals surface area (Å²) in [5.74, 6) is 3.06. The lowest BCUT2D eigenvalue weighted by molar-refractivity contribution is 0.152. The van der Waals surface area contributed by atoms with Gasteiger partial charge < -0.3 is 0 Å². The molecule has 0 amide bonds. The average molecular weight is 371 g/mol. The Morgan fingerprint density at radius 2 is 1.40 bits per heavy atom. The van der Waals surface area contributed by atoms with E-state index < -0.39 is 14.6 Å². The van der Waals surface area contributed by atoms with Crippen LogP contribution in [-0.2, 0) is 9.84 Å². The van der Waals surface area contributed by atoms with Crippen molar-refractivity contribution in [2.75, 3.05) is 5.75 Å². The van der Waals surface area contributed by atoms with Crippen molar-refractivity contribution < 1.29 is 8.42 Å². The van der Waals surface area contributed by atoms with E-state index in [0.29, 0.717) is 5.75 Å². The summed E-state index contributed by atoms with van der Waals surface area (Å²) < 4.78 is 25.3. The van der Waals surface area contributed by atoms with Gasteiger partial charge in [0.25, 0.3) is 0 Å². The van der Waals surface area contributed by atoms with Gasteiger partial charge in [0.05, 0.1) is 10.5 Å². The highest BCUT2D eigenvalue weighted by Crippen LogP contribution is 2.45. The monoisotopic (exact) mass is 370 g/mol. The Kier molecular flexibility index (Phi) is 8.30. The molecule has 2 aliphatic rings. The van der Waals surface area contributed by atoms with Gasteiger partial charge in [-0.05, 0) is 69.6 Å². The fraction of sp³-hybridized carbons (Fsp3) is 1.00. The van der Waals surface area contributed by atoms with Crippen LogP contribution in [0.1, 0.15) is 111 Å². The second-order valence-electron chi connectivity index (χ2n) is 9.24. The van der Waals surface area contributed by atoms with Crippen LogP contribution in [0.2, 0.25) is 0 Å². The predicted octanol–water partition coefficient (Wildman–Crippen LogP) is 6.54. The maximum atomic E-state index is 12.9. The molecule has 0 bridgehead atoms. The van der Waals surface area contributed by atoms with Gasteiger partial charge in [0.2, 0.25) is 0 Å². The first kappa shape index (κ1) is 21.3. The standard InChI is InChI=1S/C22H42O2S/c1-4-6-7-8-18-25(23,24)22(3)16-14-21(15-17-22)20-12-10-19(9-5-2)11-13-20/h19-21H,4-18H2,1-3H3. The number of unbranched alkanes of at least 4 members (excludes halogenated alkanes) is 3. The van der Waals surface area contributed by atoms with Gasteiger partial charge in [0.1, 0.15) is 0 Å². The molecule has 0 aromatic carbocycles. The summed E-state index contributed by atoms with van der Waals surface area (Å²) in [4.78, 5) is 0. The third kappa shape index (κ3) is 5.71. The van der Waals surface area contributed by atoms with Gasteiger partial charge in [-0.15, -0.1) is 0 Å². The minimum atomic E-state index is -2.93. The van der Waals surface area contributed by atoms with Crippen molar-refractivity contribution in [3.8, 4) is 0 Å². The van der Waals surface area contributed by atoms with Crippen molar-refractivity contribution in [3.05, 3.63) is 0 Å². The minimum Gasteiger partial charge on any atom is -0.228 e. The molecule has 3 heteroatoms. The van der Waals surface area contributed by atoms with Crippen LogP contribution in [0.25, 0.3) is 0 Å². The van der Waals surface area contributed by atoms with E-state index in [9.17, 15) is 8.42 Å². The van der Waals surface area contributed by atoms with Gasteiger partial charge in [0, 0.05) is 0 Å². The molecule has 0 aromatic rings. The van der Waals surface area contributed by atoms with E-state index in [4.69, 9.17) is 0 Å². The Morgan fingerprint density at radius 3 is 1.96 bits per heavy atom. The van der Waals surface area contributed by atoms with E-state index in [1.165, 1.54) is 44.9 Å². The number of hydrogen-bond acceptors (Lipinski definition) is 2. The van der Waals surface area contributed by atoms with Crippen LogP contribution in [0.5, 0.6) is 0 Å². The molecule has 148 valence electrons. The molecule has 0 unspecified atom stereocenters. The van der Waals surface area contributed by atoms with E-state index in [2.05, 4.69) is 13.8 Å². The predicted molar refractivity (Wildman–Crippen MR) is 109 cm³/mol. The summed E-state index contributed by atoms with van der Waals surface area (Å²) >= 11 is 0. The first-order valence-electron chi connectivity index (χ1n) is 11.1. The van der Waals surface area contributed by atoms with E-state index >= 15 is 0 Å². The Balaban J connectivity index is 1.80. The Bertz CT molecular complexity index is 466. The van der Waals surface area contributed by atoms with Gasteiger partial charge >= 0.3 is 0 Å². The summed E-state index contributed by atoms with van der Waals surface area (Å²) in [5.41, 5.74) is 0. The normalized spacial score (nSPS) is 34.1. The van der Waals surface area contributed by atoms with Crippen molar-refractivity contribution in [2.45, 2.75) is 115 Å². The van der Waals surface area contributed by atoms with Crippen LogP contribution in [0.3, 0.4) is 0 Å². The van der Waals surface area contributed by atoms with Crippen LogP contribution in [0, 0.1) is 17.8 Å². The second kappa shape index (κ2) is 9.76. The number of hydrogen-bond donors (Lipinski definition) is 0. The molecule has 2 rings (SSSR count). The first-order valence-corrected chi connectivity index (χ1v) is 12.8. The van der Waals surface area contributed by atoms with E-state index in [1.54, 1.807) is 0 Å². The number of sulfone groups is 1. The molecule has 2 saturated carbocycles. The Hall–Kier alpha value is -0.0500. The highest BCUT2D eigenvalue weighted by molar-refractivity contribution is 7.92. The molecule has 0 aliphatic heterocycles. The van der Waals surface area contributed by atoms with Crippen molar-refractivity contribution in [2.24, 2.45) is 17.8 Å². The average Bonchev–Trinajstić information content (AvgIpc) is 2.60. The zero-order chi connectivity index (χ0) is 18.3. The summed E-state index contributed by atoms with van der Waals surface area (Å²) in [6.45, 7) is 6.51. The largest absolute Gasteiger partial charge is 0.228 e. The molecule has 0 spiro atoms. The van der Waals surface area contributed by atoms with Crippen LogP contribution >= 0.6 is 0 Å². The molecular weight excluding hydrogens is 328 g/mol. The van der Waals surface area contributed by atoms with Crippen LogP contribution in [0.4, 0.5) is 0 Å². The van der Waals surface area contributed by atoms with Crippen LogP contribution in [-0.4, -0.2) is 18.9 Å². The molecule has 2 aliphatic carbocycles. The third-order valence-corrected chi connectivity index (χ3v) is 10.1. The van der Waals surface area contributed by atoms with Crippen molar-refractivity contribution >= 4 is 9.84 Å². The minimum absolute atomic E-state index is 0.413. The summed E-state index contributed by atoms with van der Waals surface area (Å²) in [6, 6.07) is 0. The van der Waals surface area contributed by atoms with Crippen LogP contribution < -0.4 is 0 Å². The zero-order valence-electron chi connectivity index (χ0n) is 17.1.